The number of benzene rings is 4. The fraction of sp³-hybridized carbons (Fsp3) is 0.304. The third kappa shape index (κ3) is 10.5. The Morgan fingerprint density at radius 1 is 0.742 bits per heavy atom. The highest BCUT2D eigenvalue weighted by molar-refractivity contribution is 5.91. The van der Waals surface area contributed by atoms with E-state index in [-0.39, 0.29) is 38.0 Å². The van der Waals surface area contributed by atoms with Gasteiger partial charge in [0.05, 0.1) is 70.8 Å². The highest BCUT2D eigenvalue weighted by Gasteiger charge is 2.38. The molecule has 4 amide bonds. The van der Waals surface area contributed by atoms with Gasteiger partial charge in [0.1, 0.15) is 24.2 Å². The third-order valence-corrected chi connectivity index (χ3v) is 10.5. The first-order chi connectivity index (χ1) is 30.0. The molecule has 3 heterocycles. The van der Waals surface area contributed by atoms with E-state index < -0.39 is 24.0 Å². The summed E-state index contributed by atoms with van der Waals surface area (Å²) >= 11 is 0. The standard InChI is InChI=1S/C46H50N8O8/c1-5-19-53(41(55)26-49-44(57)59-3)27-39-48-25-38(51-39)36-18-17-34-22-33(15-16-35(34)23-36)30-11-13-31(14-12-30)37-24-47-40(50-37)28-54(29-46(2)61-20-21-62-46)43(56)42(52-45(58)60-4)32-9-7-6-8-10-32/h6-18,22-25,42H,5,19-21,26-29H2,1-4H3,(H,47,50)(H,48,51)(H,49,57)(H,52,58)/t42-/m1/s1. The molecule has 2 aromatic heterocycles. The molecule has 16 heteroatoms. The Labute approximate surface area is 358 Å². The van der Waals surface area contributed by atoms with Crippen LogP contribution in [0.4, 0.5) is 9.59 Å². The normalized spacial score (nSPS) is 13.6. The maximum absolute atomic E-state index is 14.2. The van der Waals surface area contributed by atoms with E-state index >= 15 is 0 Å². The minimum atomic E-state index is -1.03. The minimum absolute atomic E-state index is 0.0984. The molecule has 16 nitrogen and oxygen atoms in total. The van der Waals surface area contributed by atoms with Crippen molar-refractivity contribution < 1.29 is 38.1 Å². The van der Waals surface area contributed by atoms with E-state index in [9.17, 15) is 19.2 Å². The molecule has 322 valence electrons. The van der Waals surface area contributed by atoms with Crippen molar-refractivity contribution in [1.29, 1.82) is 0 Å². The summed E-state index contributed by atoms with van der Waals surface area (Å²) in [5, 5.41) is 7.26. The predicted octanol–water partition coefficient (Wildman–Crippen LogP) is 6.57. The molecule has 1 fully saturated rings. The highest BCUT2D eigenvalue weighted by atomic mass is 16.7. The number of H-pyrrole nitrogens is 2. The van der Waals surface area contributed by atoms with E-state index in [2.05, 4.69) is 77.8 Å². The molecule has 62 heavy (non-hydrogen) atoms. The maximum atomic E-state index is 14.2. The molecule has 0 bridgehead atoms. The number of aromatic nitrogens is 4. The first kappa shape index (κ1) is 43.1. The van der Waals surface area contributed by atoms with Crippen molar-refractivity contribution >= 4 is 34.8 Å². The minimum Gasteiger partial charge on any atom is -0.453 e. The number of aromatic amines is 2. The fourth-order valence-corrected chi connectivity index (χ4v) is 7.37. The van der Waals surface area contributed by atoms with Gasteiger partial charge in [-0.05, 0) is 58.5 Å². The molecule has 1 atom stereocenters. The van der Waals surface area contributed by atoms with Crippen LogP contribution in [0.1, 0.15) is 43.5 Å². The number of carbonyl (C=O) groups excluding carboxylic acids is 4. The first-order valence-corrected chi connectivity index (χ1v) is 20.3. The molecule has 7 rings (SSSR count). The molecule has 4 N–H and O–H groups in total. The summed E-state index contributed by atoms with van der Waals surface area (Å²) in [6, 6.07) is 28.7. The summed E-state index contributed by atoms with van der Waals surface area (Å²) in [6.07, 6.45) is 2.87. The van der Waals surface area contributed by atoms with E-state index in [0.717, 1.165) is 50.8 Å². The number of hydrogen-bond donors (Lipinski definition) is 4. The first-order valence-electron chi connectivity index (χ1n) is 20.3. The lowest BCUT2D eigenvalue weighted by Gasteiger charge is -2.33. The van der Waals surface area contributed by atoms with Gasteiger partial charge in [0, 0.05) is 12.1 Å². The van der Waals surface area contributed by atoms with Gasteiger partial charge in [0.25, 0.3) is 5.91 Å². The summed E-state index contributed by atoms with van der Waals surface area (Å²) in [4.78, 5) is 69.9. The highest BCUT2D eigenvalue weighted by Crippen LogP contribution is 2.30. The Balaban J connectivity index is 1.03. The van der Waals surface area contributed by atoms with Gasteiger partial charge >= 0.3 is 12.2 Å². The lowest BCUT2D eigenvalue weighted by atomic mass is 9.98. The van der Waals surface area contributed by atoms with Gasteiger partial charge in [-0.25, -0.2) is 19.6 Å². The summed E-state index contributed by atoms with van der Waals surface area (Å²) < 4.78 is 21.2. The molecule has 0 saturated carbocycles. The number of amides is 4. The number of alkyl carbamates (subject to hydrolysis) is 2. The van der Waals surface area contributed by atoms with Crippen LogP contribution in [-0.2, 0) is 41.6 Å². The van der Waals surface area contributed by atoms with E-state index in [1.54, 1.807) is 53.4 Å². The zero-order valence-electron chi connectivity index (χ0n) is 35.1. The largest absolute Gasteiger partial charge is 0.453 e. The fourth-order valence-electron chi connectivity index (χ4n) is 7.37. The van der Waals surface area contributed by atoms with Gasteiger partial charge in [-0.1, -0.05) is 85.8 Å². The molecular formula is C46H50N8O8. The number of nitrogens with one attached hydrogen (secondary N) is 4. The Bertz CT molecular complexity index is 2500. The zero-order valence-corrected chi connectivity index (χ0v) is 35.1. The van der Waals surface area contributed by atoms with Crippen molar-refractivity contribution in [1.82, 2.24) is 40.4 Å². The van der Waals surface area contributed by atoms with Crippen LogP contribution in [0.15, 0.2) is 103 Å². The number of fused-ring (bicyclic) bond motifs is 1. The summed E-state index contributed by atoms with van der Waals surface area (Å²) in [7, 11) is 2.51. The number of nitrogens with zero attached hydrogens (tertiary/aromatic N) is 4. The second-order valence-electron chi connectivity index (χ2n) is 15.0. The third-order valence-electron chi connectivity index (χ3n) is 10.5. The van der Waals surface area contributed by atoms with Crippen LogP contribution in [0.5, 0.6) is 0 Å². The van der Waals surface area contributed by atoms with Gasteiger partial charge in [0.2, 0.25) is 5.91 Å². The smallest absolute Gasteiger partial charge is 0.407 e. The number of methoxy groups -OCH3 is 2. The van der Waals surface area contributed by atoms with Crippen molar-refractivity contribution in [2.75, 3.05) is 47.1 Å². The predicted molar refractivity (Wildman–Crippen MR) is 231 cm³/mol. The van der Waals surface area contributed by atoms with E-state index in [1.165, 1.54) is 14.2 Å². The molecule has 0 radical (unpaired) electrons. The second-order valence-corrected chi connectivity index (χ2v) is 15.0. The van der Waals surface area contributed by atoms with Gasteiger partial charge in [-0.2, -0.15) is 0 Å². The maximum Gasteiger partial charge on any atom is 0.407 e. The van der Waals surface area contributed by atoms with E-state index in [0.29, 0.717) is 37.0 Å². The molecule has 0 unspecified atom stereocenters. The Morgan fingerprint density at radius 2 is 1.31 bits per heavy atom. The van der Waals surface area contributed by atoms with Crippen LogP contribution in [0.25, 0.3) is 44.4 Å². The SMILES string of the molecule is CCCN(Cc1ncc(-c2ccc3cc(-c4ccc(-c5cnc(CN(CC6(C)OCCO6)C(=O)[C@H](NC(=O)OC)c6ccccc6)[nH]5)cc4)ccc3c2)[nH]1)C(=O)CNC(=O)OC. The van der Waals surface area contributed by atoms with Crippen molar-refractivity contribution in [3.8, 4) is 33.6 Å². The van der Waals surface area contributed by atoms with Gasteiger partial charge in [-0.15, -0.1) is 0 Å². The number of rotatable bonds is 16. The van der Waals surface area contributed by atoms with Crippen LogP contribution in [0.3, 0.4) is 0 Å². The van der Waals surface area contributed by atoms with Gasteiger partial charge < -0.3 is 49.3 Å². The number of imidazole rings is 2. The zero-order chi connectivity index (χ0) is 43.6. The molecule has 1 saturated heterocycles. The lowest BCUT2D eigenvalue weighted by Crippen LogP contribution is -2.49. The average Bonchev–Trinajstić information content (AvgIpc) is 4.08. The van der Waals surface area contributed by atoms with Crippen molar-refractivity contribution in [3.05, 3.63) is 121 Å². The Kier molecular flexibility index (Phi) is 13.6. The summed E-state index contributed by atoms with van der Waals surface area (Å²) in [5.74, 6) is -0.447. The van der Waals surface area contributed by atoms with Gasteiger partial charge in [0.15, 0.2) is 5.79 Å². The van der Waals surface area contributed by atoms with E-state index in [4.69, 9.17) is 14.2 Å². The molecule has 0 spiro atoms. The molecule has 0 aliphatic carbocycles. The quantitative estimate of drug-likeness (QED) is 0.0829. The number of carbonyl (C=O) groups is 4. The molecule has 6 aromatic rings. The lowest BCUT2D eigenvalue weighted by molar-refractivity contribution is -0.168. The van der Waals surface area contributed by atoms with E-state index in [1.807, 2.05) is 31.2 Å². The van der Waals surface area contributed by atoms with Crippen LogP contribution < -0.4 is 10.6 Å². The van der Waals surface area contributed by atoms with Crippen LogP contribution in [0.2, 0.25) is 0 Å². The van der Waals surface area contributed by atoms with Crippen molar-refractivity contribution in [2.45, 2.75) is 45.2 Å². The molecule has 1 aliphatic heterocycles. The Morgan fingerprint density at radius 3 is 1.94 bits per heavy atom. The molecular weight excluding hydrogens is 793 g/mol. The second kappa shape index (κ2) is 19.6. The van der Waals surface area contributed by atoms with Gasteiger partial charge in [-0.3, -0.25) is 9.59 Å². The summed E-state index contributed by atoms with van der Waals surface area (Å²) in [6.45, 7) is 5.43. The van der Waals surface area contributed by atoms with Crippen LogP contribution in [0, 0.1) is 0 Å². The monoisotopic (exact) mass is 842 g/mol. The Hall–Kier alpha value is -7.04. The summed E-state index contributed by atoms with van der Waals surface area (Å²) in [5.41, 5.74) is 6.18. The molecule has 1 aliphatic rings. The number of ether oxygens (including phenoxy) is 4. The number of hydrogen-bond acceptors (Lipinski definition) is 10. The average molecular weight is 843 g/mol. The van der Waals surface area contributed by atoms with Crippen LogP contribution >= 0.6 is 0 Å². The van der Waals surface area contributed by atoms with Crippen molar-refractivity contribution in [2.24, 2.45) is 0 Å². The molecule has 4 aromatic carbocycles. The van der Waals surface area contributed by atoms with Crippen LogP contribution in [-0.4, -0.2) is 107 Å². The van der Waals surface area contributed by atoms with Crippen molar-refractivity contribution in [3.63, 3.8) is 0 Å². The topological polar surface area (TPSA) is 193 Å².